The van der Waals surface area contributed by atoms with Crippen LogP contribution in [0.4, 0.5) is 5.69 Å². The van der Waals surface area contributed by atoms with E-state index in [0.29, 0.717) is 31.5 Å². The summed E-state index contributed by atoms with van der Waals surface area (Å²) in [4.78, 5) is 23.4. The quantitative estimate of drug-likeness (QED) is 0.398. The van der Waals surface area contributed by atoms with Crippen LogP contribution < -0.4 is 0 Å². The van der Waals surface area contributed by atoms with Gasteiger partial charge in [-0.2, -0.15) is 12.7 Å². The molecule has 9 heteroatoms. The average Bonchev–Trinajstić information content (AvgIpc) is 2.74. The van der Waals surface area contributed by atoms with Crippen LogP contribution in [-0.4, -0.2) is 47.5 Å². The van der Waals surface area contributed by atoms with E-state index in [1.807, 2.05) is 13.8 Å². The zero-order chi connectivity index (χ0) is 22.1. The topological polar surface area (TPSA) is 101 Å². The molecule has 0 saturated carbocycles. The van der Waals surface area contributed by atoms with Crippen molar-refractivity contribution in [2.24, 2.45) is 0 Å². The van der Waals surface area contributed by atoms with Crippen LogP contribution in [0.3, 0.4) is 0 Å². The van der Waals surface area contributed by atoms with Crippen molar-refractivity contribution in [2.45, 2.75) is 33.1 Å². The van der Waals surface area contributed by atoms with Gasteiger partial charge in [0.25, 0.3) is 11.6 Å². The number of amides is 1. The minimum Gasteiger partial charge on any atom is -0.268 e. The maximum absolute atomic E-state index is 13.3. The molecule has 1 amide bonds. The number of hydrogen-bond donors (Lipinski definition) is 0. The van der Waals surface area contributed by atoms with Crippen LogP contribution in [0.25, 0.3) is 0 Å². The predicted molar refractivity (Wildman–Crippen MR) is 115 cm³/mol. The van der Waals surface area contributed by atoms with Crippen molar-refractivity contribution in [3.8, 4) is 0 Å². The Kier molecular flexibility index (Phi) is 8.49. The van der Waals surface area contributed by atoms with E-state index in [1.165, 1.54) is 16.4 Å². The van der Waals surface area contributed by atoms with Crippen LogP contribution in [-0.2, 0) is 16.6 Å². The fraction of sp³-hybridized carbons (Fsp3) is 0.381. The lowest BCUT2D eigenvalue weighted by atomic mass is 10.1. The Bertz CT molecular complexity index is 940. The zero-order valence-corrected chi connectivity index (χ0v) is 18.0. The van der Waals surface area contributed by atoms with Crippen LogP contribution in [0, 0.1) is 10.1 Å². The number of nitro benzene ring substituents is 1. The molecule has 0 spiro atoms. The zero-order valence-electron chi connectivity index (χ0n) is 17.2. The lowest BCUT2D eigenvalue weighted by Crippen LogP contribution is -2.48. The summed E-state index contributed by atoms with van der Waals surface area (Å²) < 4.78 is 28.9. The van der Waals surface area contributed by atoms with Crippen molar-refractivity contribution in [1.82, 2.24) is 8.61 Å². The van der Waals surface area contributed by atoms with Crippen molar-refractivity contribution in [1.29, 1.82) is 0 Å². The first-order valence-electron chi connectivity index (χ1n) is 9.91. The molecule has 2 aromatic rings. The third-order valence-electron chi connectivity index (χ3n) is 4.55. The smallest absolute Gasteiger partial charge is 0.268 e. The Hall–Kier alpha value is -2.78. The fourth-order valence-corrected chi connectivity index (χ4v) is 4.78. The first-order valence-corrected chi connectivity index (χ1v) is 11.3. The number of nitro groups is 1. The van der Waals surface area contributed by atoms with E-state index < -0.39 is 21.0 Å². The molecule has 162 valence electrons. The van der Waals surface area contributed by atoms with Gasteiger partial charge < -0.3 is 0 Å². The van der Waals surface area contributed by atoms with Gasteiger partial charge in [-0.25, -0.2) is 4.31 Å². The predicted octanol–water partition coefficient (Wildman–Crippen LogP) is 3.65. The number of benzene rings is 2. The molecule has 8 nitrogen and oxygen atoms in total. The summed E-state index contributed by atoms with van der Waals surface area (Å²) in [5, 5.41) is 10.8. The van der Waals surface area contributed by atoms with E-state index in [0.717, 1.165) is 4.31 Å². The van der Waals surface area contributed by atoms with Crippen molar-refractivity contribution in [2.75, 3.05) is 19.6 Å². The highest BCUT2D eigenvalue weighted by atomic mass is 32.2. The summed E-state index contributed by atoms with van der Waals surface area (Å²) in [6.07, 6.45) is 1.52. The van der Waals surface area contributed by atoms with E-state index in [4.69, 9.17) is 0 Å². The van der Waals surface area contributed by atoms with Crippen LogP contribution in [0.5, 0.6) is 0 Å². The summed E-state index contributed by atoms with van der Waals surface area (Å²) in [6, 6.07) is 14.2. The minimum absolute atomic E-state index is 0.0411. The minimum atomic E-state index is -4.02. The Morgan fingerprint density at radius 1 is 0.933 bits per heavy atom. The van der Waals surface area contributed by atoms with Gasteiger partial charge >= 0.3 is 10.2 Å². The van der Waals surface area contributed by atoms with E-state index in [2.05, 4.69) is 0 Å². The van der Waals surface area contributed by atoms with E-state index in [9.17, 15) is 23.3 Å². The normalized spacial score (nSPS) is 11.4. The van der Waals surface area contributed by atoms with Gasteiger partial charge in [0.15, 0.2) is 0 Å². The van der Waals surface area contributed by atoms with E-state index in [-0.39, 0.29) is 24.2 Å². The molecule has 0 aliphatic heterocycles. The highest BCUT2D eigenvalue weighted by molar-refractivity contribution is 7.87. The molecule has 0 N–H and O–H groups in total. The summed E-state index contributed by atoms with van der Waals surface area (Å²) in [6.45, 7) is 4.37. The Balaban J connectivity index is 2.33. The summed E-state index contributed by atoms with van der Waals surface area (Å²) >= 11 is 0. The largest absolute Gasteiger partial charge is 0.306 e. The second kappa shape index (κ2) is 10.8. The lowest BCUT2D eigenvalue weighted by molar-refractivity contribution is -0.384. The number of carbonyl (C=O) groups is 1. The first kappa shape index (κ1) is 23.5. The maximum atomic E-state index is 13.3. The molecule has 30 heavy (non-hydrogen) atoms. The van der Waals surface area contributed by atoms with E-state index >= 15 is 0 Å². The maximum Gasteiger partial charge on any atom is 0.306 e. The Morgan fingerprint density at radius 2 is 1.50 bits per heavy atom. The number of rotatable bonds is 11. The van der Waals surface area contributed by atoms with Gasteiger partial charge in [0.1, 0.15) is 0 Å². The Morgan fingerprint density at radius 3 is 2.00 bits per heavy atom. The fourth-order valence-electron chi connectivity index (χ4n) is 3.04. The molecular formula is C21H27N3O5S. The molecule has 0 unspecified atom stereocenters. The highest BCUT2D eigenvalue weighted by Gasteiger charge is 2.33. The molecule has 0 heterocycles. The molecule has 0 aliphatic rings. The van der Waals surface area contributed by atoms with Crippen molar-refractivity contribution in [3.05, 3.63) is 75.8 Å². The van der Waals surface area contributed by atoms with Crippen LogP contribution >= 0.6 is 0 Å². The highest BCUT2D eigenvalue weighted by Crippen LogP contribution is 2.18. The molecule has 0 aromatic heterocycles. The first-order chi connectivity index (χ1) is 14.3. The number of hydrogen-bond acceptors (Lipinski definition) is 5. The van der Waals surface area contributed by atoms with Gasteiger partial charge in [-0.1, -0.05) is 44.2 Å². The number of nitrogens with zero attached hydrogens (tertiary/aromatic N) is 3. The van der Waals surface area contributed by atoms with Gasteiger partial charge in [0, 0.05) is 37.3 Å². The van der Waals surface area contributed by atoms with Gasteiger partial charge in [0.05, 0.1) is 4.92 Å². The van der Waals surface area contributed by atoms with Gasteiger partial charge in [-0.15, -0.1) is 0 Å². The third-order valence-corrected chi connectivity index (χ3v) is 6.47. The molecule has 0 aliphatic carbocycles. The van der Waals surface area contributed by atoms with Gasteiger partial charge in [-0.3, -0.25) is 14.9 Å². The number of carbonyl (C=O) groups excluding carboxylic acids is 1. The van der Waals surface area contributed by atoms with Crippen molar-refractivity contribution in [3.63, 3.8) is 0 Å². The second-order valence-electron chi connectivity index (χ2n) is 6.82. The van der Waals surface area contributed by atoms with Crippen LogP contribution in [0.2, 0.25) is 0 Å². The van der Waals surface area contributed by atoms with Crippen molar-refractivity contribution >= 4 is 21.8 Å². The van der Waals surface area contributed by atoms with Gasteiger partial charge in [0.2, 0.25) is 0 Å². The standard InChI is InChI=1S/C21H27N3O5S/c1-3-15-22(16-4-2)30(28,29)23(21(25)19-8-6-5-7-9-19)17-14-18-10-12-20(13-11-18)24(26)27/h5-13H,3-4,14-17H2,1-2H3. The number of non-ortho nitro benzene ring substituents is 1. The molecule has 0 atom stereocenters. The molecule has 0 saturated heterocycles. The van der Waals surface area contributed by atoms with Crippen molar-refractivity contribution < 1.29 is 18.1 Å². The summed E-state index contributed by atoms with van der Waals surface area (Å²) in [5.41, 5.74) is 0.956. The monoisotopic (exact) mass is 433 g/mol. The van der Waals surface area contributed by atoms with Gasteiger partial charge in [-0.05, 0) is 37.0 Å². The SMILES string of the molecule is CCCN(CCC)S(=O)(=O)N(CCc1ccc([N+](=O)[O-])cc1)C(=O)c1ccccc1. The molecule has 2 rings (SSSR count). The Labute approximate surface area is 177 Å². The lowest BCUT2D eigenvalue weighted by Gasteiger charge is -2.30. The molecule has 0 fully saturated rings. The summed E-state index contributed by atoms with van der Waals surface area (Å²) in [7, 11) is -4.02. The van der Waals surface area contributed by atoms with Crippen LogP contribution in [0.15, 0.2) is 54.6 Å². The average molecular weight is 434 g/mol. The second-order valence-corrected chi connectivity index (χ2v) is 8.68. The molecular weight excluding hydrogens is 406 g/mol. The molecule has 2 aromatic carbocycles. The summed E-state index contributed by atoms with van der Waals surface area (Å²) in [5.74, 6) is -0.588. The van der Waals surface area contributed by atoms with Crippen LogP contribution in [0.1, 0.15) is 42.6 Å². The molecule has 0 bridgehead atoms. The van der Waals surface area contributed by atoms with E-state index in [1.54, 1.807) is 42.5 Å². The molecule has 0 radical (unpaired) electrons. The third kappa shape index (κ3) is 5.87.